The number of hydrogen-bond acceptors (Lipinski definition) is 3. The molecule has 0 spiro atoms. The van der Waals surface area contributed by atoms with Gasteiger partial charge in [-0.1, -0.05) is 17.7 Å². The lowest BCUT2D eigenvalue weighted by molar-refractivity contribution is -0.139. The molecule has 0 radical (unpaired) electrons. The molecule has 0 N–H and O–H groups in total. The van der Waals surface area contributed by atoms with Crippen molar-refractivity contribution in [2.45, 2.75) is 6.18 Å². The summed E-state index contributed by atoms with van der Waals surface area (Å²) in [5.74, 6) is -1.36. The molecule has 0 amide bonds. The van der Waals surface area contributed by atoms with E-state index in [9.17, 15) is 17.6 Å². The number of hydrogen-bond donors (Lipinski definition) is 0. The highest BCUT2D eigenvalue weighted by Gasteiger charge is 2.34. The van der Waals surface area contributed by atoms with Crippen LogP contribution in [0.5, 0.6) is 0 Å². The topological polar surface area (TPSA) is 25.8 Å². The van der Waals surface area contributed by atoms with Crippen LogP contribution in [0.4, 0.5) is 17.6 Å². The molecule has 0 saturated heterocycles. The summed E-state index contributed by atoms with van der Waals surface area (Å²) >= 11 is 6.45. The highest BCUT2D eigenvalue weighted by atomic mass is 35.5. The number of nitrogens with zero attached hydrogens (tertiary/aromatic N) is 2. The molecule has 2 aromatic rings. The first-order chi connectivity index (χ1) is 7.89. The number of aromatic nitrogens is 2. The van der Waals surface area contributed by atoms with Gasteiger partial charge in [-0.15, -0.1) is 0 Å². The van der Waals surface area contributed by atoms with Crippen LogP contribution >= 0.6 is 23.3 Å². The molecule has 0 atom stereocenters. The average molecular weight is 283 g/mol. The van der Waals surface area contributed by atoms with Crippen molar-refractivity contribution in [3.05, 3.63) is 34.7 Å². The Labute approximate surface area is 102 Å². The van der Waals surface area contributed by atoms with E-state index in [1.54, 1.807) is 0 Å². The van der Waals surface area contributed by atoms with Gasteiger partial charge in [0.25, 0.3) is 0 Å². The summed E-state index contributed by atoms with van der Waals surface area (Å²) in [6.07, 6.45) is -4.72. The molecule has 2 rings (SSSR count). The summed E-state index contributed by atoms with van der Waals surface area (Å²) in [7, 11) is 0. The van der Waals surface area contributed by atoms with Crippen LogP contribution in [0.25, 0.3) is 11.3 Å². The Hall–Kier alpha value is -1.21. The minimum atomic E-state index is -4.72. The molecule has 8 heteroatoms. The third-order valence-corrected chi connectivity index (χ3v) is 2.89. The largest absolute Gasteiger partial charge is 0.419 e. The fourth-order valence-electron chi connectivity index (χ4n) is 1.24. The van der Waals surface area contributed by atoms with Crippen LogP contribution in [0.1, 0.15) is 5.56 Å². The van der Waals surface area contributed by atoms with Crippen LogP contribution in [-0.2, 0) is 6.18 Å². The maximum absolute atomic E-state index is 13.3. The third kappa shape index (κ3) is 2.39. The van der Waals surface area contributed by atoms with Gasteiger partial charge >= 0.3 is 6.18 Å². The summed E-state index contributed by atoms with van der Waals surface area (Å²) in [5.41, 5.74) is -0.987. The lowest BCUT2D eigenvalue weighted by Crippen LogP contribution is -2.07. The second-order valence-electron chi connectivity index (χ2n) is 3.10. The summed E-state index contributed by atoms with van der Waals surface area (Å²) in [6.45, 7) is 0. The van der Waals surface area contributed by atoms with Gasteiger partial charge in [0.05, 0.1) is 17.3 Å². The monoisotopic (exact) mass is 282 g/mol. The van der Waals surface area contributed by atoms with E-state index in [-0.39, 0.29) is 16.4 Å². The maximum Gasteiger partial charge on any atom is 0.419 e. The molecule has 0 aliphatic rings. The summed E-state index contributed by atoms with van der Waals surface area (Å²) in [6, 6.07) is 2.50. The van der Waals surface area contributed by atoms with E-state index >= 15 is 0 Å². The molecule has 1 heterocycles. The van der Waals surface area contributed by atoms with Gasteiger partial charge in [-0.05, 0) is 12.1 Å². The molecule has 1 aromatic heterocycles. The van der Waals surface area contributed by atoms with E-state index in [4.69, 9.17) is 11.6 Å². The van der Waals surface area contributed by atoms with Gasteiger partial charge in [-0.3, -0.25) is 0 Å². The van der Waals surface area contributed by atoms with Crippen LogP contribution in [0.2, 0.25) is 5.15 Å². The minimum Gasteiger partial charge on any atom is -0.206 e. The molecular weight excluding hydrogens is 280 g/mol. The van der Waals surface area contributed by atoms with Crippen LogP contribution in [0.3, 0.4) is 0 Å². The third-order valence-electron chi connectivity index (χ3n) is 2.00. The van der Waals surface area contributed by atoms with Crippen LogP contribution < -0.4 is 0 Å². The zero-order valence-electron chi connectivity index (χ0n) is 7.92. The zero-order valence-corrected chi connectivity index (χ0v) is 9.50. The molecule has 17 heavy (non-hydrogen) atoms. The van der Waals surface area contributed by atoms with Crippen LogP contribution in [0.15, 0.2) is 18.2 Å². The Morgan fingerprint density at radius 2 is 1.88 bits per heavy atom. The Morgan fingerprint density at radius 3 is 2.35 bits per heavy atom. The average Bonchev–Trinajstić information content (AvgIpc) is 2.62. The van der Waals surface area contributed by atoms with Gasteiger partial charge in [0.15, 0.2) is 5.15 Å². The van der Waals surface area contributed by atoms with E-state index < -0.39 is 17.6 Å². The summed E-state index contributed by atoms with van der Waals surface area (Å²) in [4.78, 5) is 0. The van der Waals surface area contributed by atoms with Crippen molar-refractivity contribution in [3.63, 3.8) is 0 Å². The molecular formula is C9H3ClF4N2S. The Balaban J connectivity index is 2.49. The molecule has 0 bridgehead atoms. The predicted molar refractivity (Wildman–Crippen MR) is 55.3 cm³/mol. The van der Waals surface area contributed by atoms with E-state index in [0.717, 1.165) is 23.9 Å². The van der Waals surface area contributed by atoms with E-state index in [1.807, 2.05) is 0 Å². The van der Waals surface area contributed by atoms with Crippen molar-refractivity contribution in [3.8, 4) is 11.3 Å². The van der Waals surface area contributed by atoms with Crippen LogP contribution in [-0.4, -0.2) is 8.75 Å². The van der Waals surface area contributed by atoms with Crippen molar-refractivity contribution in [1.29, 1.82) is 0 Å². The van der Waals surface area contributed by atoms with Gasteiger partial charge in [-0.25, -0.2) is 4.39 Å². The van der Waals surface area contributed by atoms with E-state index in [0.29, 0.717) is 6.07 Å². The van der Waals surface area contributed by atoms with E-state index in [1.165, 1.54) is 0 Å². The second kappa shape index (κ2) is 4.23. The van der Waals surface area contributed by atoms with Gasteiger partial charge in [0.2, 0.25) is 0 Å². The zero-order chi connectivity index (χ0) is 12.6. The Bertz CT molecular complexity index is 552. The maximum atomic E-state index is 13.3. The van der Waals surface area contributed by atoms with Gasteiger partial charge in [0.1, 0.15) is 11.5 Å². The fraction of sp³-hybridized carbons (Fsp3) is 0.111. The van der Waals surface area contributed by atoms with Gasteiger partial charge in [0, 0.05) is 5.56 Å². The standard InChI is InChI=1S/C9H3ClF4N2S/c10-8-7(15-17-16-8)4-1-2-5(6(11)3-4)9(12,13)14/h1-3H. The SMILES string of the molecule is Fc1cc(-c2nsnc2Cl)ccc1C(F)(F)F. The van der Waals surface area contributed by atoms with Crippen LogP contribution in [0, 0.1) is 5.82 Å². The second-order valence-corrected chi connectivity index (χ2v) is 3.98. The normalized spacial score (nSPS) is 11.8. The summed E-state index contributed by atoms with van der Waals surface area (Å²) in [5, 5.41) is 0.0363. The molecule has 2 nitrogen and oxygen atoms in total. The highest BCUT2D eigenvalue weighted by Crippen LogP contribution is 2.34. The smallest absolute Gasteiger partial charge is 0.206 e. The highest BCUT2D eigenvalue weighted by molar-refractivity contribution is 6.99. The van der Waals surface area contributed by atoms with Crippen molar-refractivity contribution < 1.29 is 17.6 Å². The lowest BCUT2D eigenvalue weighted by atomic mass is 10.1. The first-order valence-electron chi connectivity index (χ1n) is 4.25. The Morgan fingerprint density at radius 1 is 1.18 bits per heavy atom. The molecule has 0 saturated carbocycles. The number of benzene rings is 1. The quantitative estimate of drug-likeness (QED) is 0.738. The van der Waals surface area contributed by atoms with Crippen molar-refractivity contribution in [2.24, 2.45) is 0 Å². The molecule has 0 aliphatic carbocycles. The lowest BCUT2D eigenvalue weighted by Gasteiger charge is -2.08. The molecule has 0 aliphatic heterocycles. The van der Waals surface area contributed by atoms with Crippen molar-refractivity contribution in [1.82, 2.24) is 8.75 Å². The number of halogens is 5. The first-order valence-corrected chi connectivity index (χ1v) is 5.35. The summed E-state index contributed by atoms with van der Waals surface area (Å²) < 4.78 is 57.6. The minimum absolute atomic E-state index is 0.0363. The molecule has 90 valence electrons. The molecule has 0 fully saturated rings. The molecule has 1 aromatic carbocycles. The fourth-order valence-corrected chi connectivity index (χ4v) is 2.01. The van der Waals surface area contributed by atoms with Crippen molar-refractivity contribution in [2.75, 3.05) is 0 Å². The van der Waals surface area contributed by atoms with Crippen molar-refractivity contribution >= 4 is 23.3 Å². The number of alkyl halides is 3. The first kappa shape index (κ1) is 12.3. The predicted octanol–water partition coefficient (Wildman–Crippen LogP) is 4.02. The number of rotatable bonds is 1. The van der Waals surface area contributed by atoms with Gasteiger partial charge in [-0.2, -0.15) is 21.9 Å². The molecule has 0 unspecified atom stereocenters. The Kier molecular flexibility index (Phi) is 3.05. The van der Waals surface area contributed by atoms with Gasteiger partial charge < -0.3 is 0 Å². The van der Waals surface area contributed by atoms with E-state index in [2.05, 4.69) is 8.75 Å².